The number of methoxy groups -OCH3 is 1. The number of rotatable bonds is 5. The van der Waals surface area contributed by atoms with Crippen LogP contribution in [0.4, 0.5) is 11.4 Å². The number of nitrogens with one attached hydrogen (secondary N) is 3. The van der Waals surface area contributed by atoms with Gasteiger partial charge in [-0.2, -0.15) is 0 Å². The lowest BCUT2D eigenvalue weighted by molar-refractivity contribution is -0.123. The highest BCUT2D eigenvalue weighted by molar-refractivity contribution is 7.80. The number of carbonyl (C=O) groups excluding carboxylic acids is 1. The smallest absolute Gasteiger partial charge is 0.229 e. The SMILES string of the molecule is COc1cc(N2C(=S)N[C@@H](c3ccccn3)[C@@H]2c2ccc(C)[nH]2)ccc1NC(=O)C(C)(C)C. The lowest BCUT2D eigenvalue weighted by Crippen LogP contribution is -2.30. The minimum atomic E-state index is -0.517. The Labute approximate surface area is 199 Å². The van der Waals surface area contributed by atoms with E-state index in [0.29, 0.717) is 16.5 Å². The number of carbonyl (C=O) groups is 1. The Morgan fingerprint density at radius 3 is 2.58 bits per heavy atom. The molecule has 3 heterocycles. The number of nitrogens with zero attached hydrogens (tertiary/aromatic N) is 2. The van der Waals surface area contributed by atoms with Crippen LogP contribution in [0, 0.1) is 12.3 Å². The first-order chi connectivity index (χ1) is 15.7. The van der Waals surface area contributed by atoms with Gasteiger partial charge in [0.05, 0.1) is 24.5 Å². The van der Waals surface area contributed by atoms with Crippen LogP contribution in [-0.4, -0.2) is 28.1 Å². The van der Waals surface area contributed by atoms with Gasteiger partial charge < -0.3 is 25.3 Å². The molecule has 7 nitrogen and oxygen atoms in total. The zero-order valence-corrected chi connectivity index (χ0v) is 20.3. The second kappa shape index (κ2) is 8.86. The van der Waals surface area contributed by atoms with Crippen molar-refractivity contribution in [1.82, 2.24) is 15.3 Å². The van der Waals surface area contributed by atoms with E-state index >= 15 is 0 Å². The Kier molecular flexibility index (Phi) is 6.12. The van der Waals surface area contributed by atoms with E-state index in [2.05, 4.69) is 37.6 Å². The number of hydrogen-bond acceptors (Lipinski definition) is 4. The number of anilines is 2. The van der Waals surface area contributed by atoms with Gasteiger partial charge in [-0.1, -0.05) is 26.8 Å². The maximum atomic E-state index is 12.5. The van der Waals surface area contributed by atoms with E-state index in [-0.39, 0.29) is 18.0 Å². The summed E-state index contributed by atoms with van der Waals surface area (Å²) in [4.78, 5) is 22.6. The van der Waals surface area contributed by atoms with Gasteiger partial charge in [-0.3, -0.25) is 9.78 Å². The molecular weight excluding hydrogens is 434 g/mol. The molecule has 3 aromatic rings. The van der Waals surface area contributed by atoms with Gasteiger partial charge in [0, 0.05) is 34.8 Å². The normalized spacial score (nSPS) is 18.2. The summed E-state index contributed by atoms with van der Waals surface area (Å²) in [7, 11) is 1.59. The molecule has 0 spiro atoms. The van der Waals surface area contributed by atoms with Gasteiger partial charge in [0.15, 0.2) is 5.11 Å². The lowest BCUT2D eigenvalue weighted by atomic mass is 9.95. The largest absolute Gasteiger partial charge is 0.494 e. The third-order valence-corrected chi connectivity index (χ3v) is 5.98. The minimum Gasteiger partial charge on any atom is -0.494 e. The van der Waals surface area contributed by atoms with Crippen LogP contribution in [0.1, 0.15) is 49.9 Å². The molecule has 2 atom stereocenters. The first kappa shape index (κ1) is 22.8. The van der Waals surface area contributed by atoms with Crippen molar-refractivity contribution >= 4 is 34.6 Å². The Hall–Kier alpha value is -3.39. The van der Waals surface area contributed by atoms with Crippen molar-refractivity contribution in [2.75, 3.05) is 17.3 Å². The third-order valence-electron chi connectivity index (χ3n) is 5.66. The van der Waals surface area contributed by atoms with E-state index in [4.69, 9.17) is 17.0 Å². The first-order valence-corrected chi connectivity index (χ1v) is 11.3. The summed E-state index contributed by atoms with van der Waals surface area (Å²) in [5, 5.41) is 7.00. The van der Waals surface area contributed by atoms with Crippen molar-refractivity contribution in [3.05, 3.63) is 71.8 Å². The molecule has 4 rings (SSSR count). The number of benzene rings is 1. The maximum absolute atomic E-state index is 12.5. The van der Waals surface area contributed by atoms with E-state index in [1.807, 2.05) is 64.1 Å². The van der Waals surface area contributed by atoms with Crippen molar-refractivity contribution in [2.24, 2.45) is 5.41 Å². The first-order valence-electron chi connectivity index (χ1n) is 10.8. The number of aromatic nitrogens is 2. The van der Waals surface area contributed by atoms with Gasteiger partial charge in [-0.05, 0) is 55.5 Å². The molecule has 2 aromatic heterocycles. The molecule has 0 saturated carbocycles. The Morgan fingerprint density at radius 2 is 1.97 bits per heavy atom. The van der Waals surface area contributed by atoms with Gasteiger partial charge in [0.1, 0.15) is 11.8 Å². The van der Waals surface area contributed by atoms with Gasteiger partial charge >= 0.3 is 0 Å². The molecule has 0 radical (unpaired) electrons. The molecule has 1 fully saturated rings. The van der Waals surface area contributed by atoms with Gasteiger partial charge in [0.25, 0.3) is 0 Å². The average Bonchev–Trinajstić information content (AvgIpc) is 3.36. The molecule has 172 valence electrons. The van der Waals surface area contributed by atoms with Crippen LogP contribution >= 0.6 is 12.2 Å². The summed E-state index contributed by atoms with van der Waals surface area (Å²) < 4.78 is 5.63. The predicted octanol–water partition coefficient (Wildman–Crippen LogP) is 4.89. The Bertz CT molecular complexity index is 1170. The van der Waals surface area contributed by atoms with Crippen LogP contribution in [0.15, 0.2) is 54.7 Å². The minimum absolute atomic E-state index is 0.0816. The number of thiocarbonyl (C=S) groups is 1. The Morgan fingerprint density at radius 1 is 1.18 bits per heavy atom. The van der Waals surface area contributed by atoms with Crippen molar-refractivity contribution in [3.8, 4) is 5.75 Å². The van der Waals surface area contributed by atoms with Crippen LogP contribution < -0.4 is 20.3 Å². The highest BCUT2D eigenvalue weighted by Gasteiger charge is 2.41. The lowest BCUT2D eigenvalue weighted by Gasteiger charge is -2.28. The molecule has 3 N–H and O–H groups in total. The molecule has 0 bridgehead atoms. The van der Waals surface area contributed by atoms with Crippen molar-refractivity contribution < 1.29 is 9.53 Å². The summed E-state index contributed by atoms with van der Waals surface area (Å²) in [6.07, 6.45) is 1.79. The molecule has 8 heteroatoms. The molecular formula is C25H29N5O2S. The van der Waals surface area contributed by atoms with E-state index in [1.54, 1.807) is 13.3 Å². The molecule has 1 aliphatic rings. The summed E-state index contributed by atoms with van der Waals surface area (Å²) in [6, 6.07) is 15.4. The molecule has 1 aromatic carbocycles. The van der Waals surface area contributed by atoms with E-state index < -0.39 is 5.41 Å². The third kappa shape index (κ3) is 4.57. The van der Waals surface area contributed by atoms with Crippen molar-refractivity contribution in [1.29, 1.82) is 0 Å². The number of amides is 1. The number of hydrogen-bond donors (Lipinski definition) is 3. The summed E-state index contributed by atoms with van der Waals surface area (Å²) in [6.45, 7) is 7.65. The van der Waals surface area contributed by atoms with Crippen LogP contribution in [0.3, 0.4) is 0 Å². The second-order valence-corrected chi connectivity index (χ2v) is 9.57. The van der Waals surface area contributed by atoms with Gasteiger partial charge in [-0.25, -0.2) is 0 Å². The highest BCUT2D eigenvalue weighted by Crippen LogP contribution is 2.43. The molecule has 1 amide bonds. The van der Waals surface area contributed by atoms with Crippen LogP contribution in [0.2, 0.25) is 0 Å². The van der Waals surface area contributed by atoms with Gasteiger partial charge in [0.2, 0.25) is 5.91 Å². The molecule has 0 unspecified atom stereocenters. The summed E-state index contributed by atoms with van der Waals surface area (Å²) in [5.74, 6) is 0.484. The predicted molar refractivity (Wildman–Crippen MR) is 135 cm³/mol. The van der Waals surface area contributed by atoms with Crippen molar-refractivity contribution in [2.45, 2.75) is 39.8 Å². The number of ether oxygens (including phenoxy) is 1. The van der Waals surface area contributed by atoms with Gasteiger partial charge in [-0.15, -0.1) is 0 Å². The zero-order valence-electron chi connectivity index (χ0n) is 19.5. The molecule has 1 saturated heterocycles. The van der Waals surface area contributed by atoms with Crippen LogP contribution in [0.25, 0.3) is 0 Å². The van der Waals surface area contributed by atoms with Crippen LogP contribution in [0.5, 0.6) is 5.75 Å². The number of aromatic amines is 1. The van der Waals surface area contributed by atoms with E-state index in [9.17, 15) is 4.79 Å². The van der Waals surface area contributed by atoms with Crippen molar-refractivity contribution in [3.63, 3.8) is 0 Å². The fourth-order valence-electron chi connectivity index (χ4n) is 3.89. The highest BCUT2D eigenvalue weighted by atomic mass is 32.1. The average molecular weight is 464 g/mol. The number of pyridine rings is 1. The fraction of sp³-hybridized carbons (Fsp3) is 0.320. The molecule has 0 aliphatic carbocycles. The fourth-order valence-corrected chi connectivity index (χ4v) is 4.24. The molecule has 1 aliphatic heterocycles. The molecule has 33 heavy (non-hydrogen) atoms. The van der Waals surface area contributed by atoms with Crippen LogP contribution in [-0.2, 0) is 4.79 Å². The number of H-pyrrole nitrogens is 1. The number of aryl methyl sites for hydroxylation is 1. The summed E-state index contributed by atoms with van der Waals surface area (Å²) in [5.41, 5.74) is 3.96. The standard InChI is InChI=1S/C25H29N5O2S/c1-15-9-11-19(27-15)22-21(18-8-6-7-13-26-18)29-24(33)30(22)16-10-12-17(20(14-16)32-5)28-23(31)25(2,3)4/h6-14,21-22,27H,1-5H3,(H,28,31)(H,29,33)/t21-,22-/m0/s1. The monoisotopic (exact) mass is 463 g/mol. The maximum Gasteiger partial charge on any atom is 0.229 e. The summed E-state index contributed by atoms with van der Waals surface area (Å²) >= 11 is 5.78. The van der Waals surface area contributed by atoms with E-state index in [0.717, 1.165) is 22.8 Å². The zero-order chi connectivity index (χ0) is 23.8. The Balaban J connectivity index is 1.74. The van der Waals surface area contributed by atoms with E-state index in [1.165, 1.54) is 0 Å². The quantitative estimate of drug-likeness (QED) is 0.468. The topological polar surface area (TPSA) is 82.3 Å². The second-order valence-electron chi connectivity index (χ2n) is 9.18.